The SMILES string of the molecule is Cn1nc(OC(F)(F)Cl)cc1C(=O)Nc1ccn[nH]1. The van der Waals surface area contributed by atoms with Crippen LogP contribution in [0.5, 0.6) is 5.88 Å². The van der Waals surface area contributed by atoms with Crippen LogP contribution in [0.15, 0.2) is 18.3 Å². The van der Waals surface area contributed by atoms with Crippen molar-refractivity contribution in [2.75, 3.05) is 5.32 Å². The quantitative estimate of drug-likeness (QED) is 0.837. The maximum atomic E-state index is 12.4. The van der Waals surface area contributed by atoms with E-state index in [1.165, 1.54) is 19.3 Å². The third kappa shape index (κ3) is 3.41. The van der Waals surface area contributed by atoms with Crippen molar-refractivity contribution in [1.82, 2.24) is 20.0 Å². The number of aryl methyl sites for hydroxylation is 1. The fraction of sp³-hybridized carbons (Fsp3) is 0.222. The molecule has 0 aliphatic rings. The van der Waals surface area contributed by atoms with Crippen molar-refractivity contribution in [3.8, 4) is 5.88 Å². The number of carbonyl (C=O) groups is 1. The number of nitrogens with zero attached hydrogens (tertiary/aromatic N) is 3. The molecule has 0 saturated heterocycles. The highest BCUT2D eigenvalue weighted by Crippen LogP contribution is 2.24. The highest BCUT2D eigenvalue weighted by atomic mass is 35.5. The first kappa shape index (κ1) is 13.3. The van der Waals surface area contributed by atoms with Crippen molar-refractivity contribution in [1.29, 1.82) is 0 Å². The Hall–Kier alpha value is -2.16. The molecule has 2 rings (SSSR count). The number of ether oxygens (including phenoxy) is 1. The molecule has 2 heterocycles. The number of aromatic amines is 1. The van der Waals surface area contributed by atoms with Gasteiger partial charge in [-0.1, -0.05) is 0 Å². The van der Waals surface area contributed by atoms with Crippen molar-refractivity contribution in [2.24, 2.45) is 7.05 Å². The lowest BCUT2D eigenvalue weighted by molar-refractivity contribution is -0.0993. The normalized spacial score (nSPS) is 11.4. The monoisotopic (exact) mass is 291 g/mol. The number of hydrogen-bond acceptors (Lipinski definition) is 4. The van der Waals surface area contributed by atoms with Crippen molar-refractivity contribution in [3.05, 3.63) is 24.0 Å². The van der Waals surface area contributed by atoms with Gasteiger partial charge >= 0.3 is 5.57 Å². The number of alkyl halides is 3. The van der Waals surface area contributed by atoms with Crippen molar-refractivity contribution in [3.63, 3.8) is 0 Å². The van der Waals surface area contributed by atoms with E-state index in [9.17, 15) is 13.6 Å². The molecule has 0 unspecified atom stereocenters. The molecule has 0 bridgehead atoms. The molecule has 102 valence electrons. The van der Waals surface area contributed by atoms with E-state index >= 15 is 0 Å². The number of carbonyl (C=O) groups excluding carboxylic acids is 1. The number of aromatic nitrogens is 4. The molecule has 0 aliphatic carbocycles. The van der Waals surface area contributed by atoms with Gasteiger partial charge in [-0.2, -0.15) is 5.10 Å². The molecule has 2 aromatic rings. The van der Waals surface area contributed by atoms with Crippen molar-refractivity contribution >= 4 is 23.3 Å². The smallest absolute Gasteiger partial charge is 0.400 e. The maximum absolute atomic E-state index is 12.4. The second-order valence-electron chi connectivity index (χ2n) is 3.46. The molecule has 0 saturated carbocycles. The number of nitrogens with one attached hydrogen (secondary N) is 2. The van der Waals surface area contributed by atoms with E-state index in [-0.39, 0.29) is 5.69 Å². The highest BCUT2D eigenvalue weighted by Gasteiger charge is 2.29. The third-order valence-electron chi connectivity index (χ3n) is 2.06. The van der Waals surface area contributed by atoms with Gasteiger partial charge in [0.1, 0.15) is 11.5 Å². The predicted octanol–water partition coefficient (Wildman–Crippen LogP) is 1.56. The van der Waals surface area contributed by atoms with Gasteiger partial charge in [0.2, 0.25) is 5.88 Å². The molecule has 7 nitrogen and oxygen atoms in total. The number of halogens is 3. The standard InChI is InChI=1S/C9H8ClF2N5O2/c1-17-5(4-7(16-17)19-9(10,11)12)8(18)14-6-2-3-13-15-6/h2-4H,1H3,(H2,13,14,15,18). The Morgan fingerprint density at radius 2 is 2.37 bits per heavy atom. The first-order valence-electron chi connectivity index (χ1n) is 4.95. The Morgan fingerprint density at radius 1 is 1.63 bits per heavy atom. The van der Waals surface area contributed by atoms with Crippen LogP contribution in [0.2, 0.25) is 0 Å². The van der Waals surface area contributed by atoms with E-state index in [4.69, 9.17) is 0 Å². The predicted molar refractivity (Wildman–Crippen MR) is 61.2 cm³/mol. The minimum Gasteiger partial charge on any atom is -0.400 e. The summed E-state index contributed by atoms with van der Waals surface area (Å²) in [5, 5.41) is 12.2. The van der Waals surface area contributed by atoms with Crippen molar-refractivity contribution in [2.45, 2.75) is 5.57 Å². The number of anilines is 1. The maximum Gasteiger partial charge on any atom is 0.488 e. The Kier molecular flexibility index (Phi) is 3.38. The fourth-order valence-electron chi connectivity index (χ4n) is 1.33. The average Bonchev–Trinajstić information content (AvgIpc) is 2.85. The minimum absolute atomic E-state index is 0.0190. The molecule has 0 radical (unpaired) electrons. The molecular formula is C9H8ClF2N5O2. The second-order valence-corrected chi connectivity index (χ2v) is 3.90. The highest BCUT2D eigenvalue weighted by molar-refractivity contribution is 6.20. The first-order chi connectivity index (χ1) is 8.85. The summed E-state index contributed by atoms with van der Waals surface area (Å²) in [5.74, 6) is -0.666. The summed E-state index contributed by atoms with van der Waals surface area (Å²) >= 11 is 4.61. The summed E-state index contributed by atoms with van der Waals surface area (Å²) in [6.45, 7) is 0. The fourth-order valence-corrected chi connectivity index (χ4v) is 1.41. The van der Waals surface area contributed by atoms with Crippen LogP contribution in [0.25, 0.3) is 0 Å². The Bertz CT molecular complexity index is 578. The number of amides is 1. The van der Waals surface area contributed by atoms with Crippen LogP contribution >= 0.6 is 11.6 Å². The zero-order valence-electron chi connectivity index (χ0n) is 9.52. The molecule has 2 aromatic heterocycles. The van der Waals surface area contributed by atoms with E-state index in [1.807, 2.05) is 0 Å². The Morgan fingerprint density at radius 3 is 2.95 bits per heavy atom. The van der Waals surface area contributed by atoms with Crippen LogP contribution in [0.4, 0.5) is 14.6 Å². The van der Waals surface area contributed by atoms with Crippen LogP contribution in [0, 0.1) is 0 Å². The lowest BCUT2D eigenvalue weighted by Gasteiger charge is -2.05. The average molecular weight is 292 g/mol. The molecule has 0 aromatic carbocycles. The van der Waals surface area contributed by atoms with E-state index < -0.39 is 17.4 Å². The molecule has 1 amide bonds. The second kappa shape index (κ2) is 4.84. The number of H-pyrrole nitrogens is 1. The first-order valence-corrected chi connectivity index (χ1v) is 5.33. The summed E-state index contributed by atoms with van der Waals surface area (Å²) in [6.07, 6.45) is 1.45. The Balaban J connectivity index is 2.14. The summed E-state index contributed by atoms with van der Waals surface area (Å²) in [5.41, 5.74) is -3.86. The van der Waals surface area contributed by atoms with Crippen LogP contribution in [-0.4, -0.2) is 31.5 Å². The molecular weight excluding hydrogens is 284 g/mol. The lowest BCUT2D eigenvalue weighted by atomic mass is 10.4. The van der Waals surface area contributed by atoms with Crippen LogP contribution in [0.1, 0.15) is 10.5 Å². The van der Waals surface area contributed by atoms with Gasteiger partial charge in [-0.15, -0.1) is 13.9 Å². The molecule has 0 aliphatic heterocycles. The molecule has 10 heteroatoms. The topological polar surface area (TPSA) is 84.8 Å². The van der Waals surface area contributed by atoms with E-state index in [2.05, 4.69) is 37.0 Å². The largest absolute Gasteiger partial charge is 0.488 e. The van der Waals surface area contributed by atoms with Gasteiger partial charge in [0.25, 0.3) is 5.91 Å². The van der Waals surface area contributed by atoms with Gasteiger partial charge < -0.3 is 10.1 Å². The Labute approximate surface area is 110 Å². The van der Waals surface area contributed by atoms with Gasteiger partial charge in [-0.3, -0.25) is 14.6 Å². The van der Waals surface area contributed by atoms with Gasteiger partial charge in [0, 0.05) is 30.8 Å². The van der Waals surface area contributed by atoms with Crippen LogP contribution in [0.3, 0.4) is 0 Å². The molecule has 19 heavy (non-hydrogen) atoms. The van der Waals surface area contributed by atoms with Gasteiger partial charge in [-0.25, -0.2) is 0 Å². The summed E-state index contributed by atoms with van der Waals surface area (Å²) in [7, 11) is 1.40. The molecule has 2 N–H and O–H groups in total. The van der Waals surface area contributed by atoms with Crippen LogP contribution in [-0.2, 0) is 7.05 Å². The van der Waals surface area contributed by atoms with Crippen molar-refractivity contribution < 1.29 is 18.3 Å². The van der Waals surface area contributed by atoms with Crippen LogP contribution < -0.4 is 10.1 Å². The van der Waals surface area contributed by atoms with E-state index in [1.54, 1.807) is 0 Å². The number of rotatable bonds is 4. The molecule has 0 spiro atoms. The van der Waals surface area contributed by atoms with Gasteiger partial charge in [0.05, 0.1) is 6.20 Å². The minimum atomic E-state index is -3.88. The molecule has 0 fully saturated rings. The lowest BCUT2D eigenvalue weighted by Crippen LogP contribution is -2.16. The van der Waals surface area contributed by atoms with E-state index in [0.29, 0.717) is 5.82 Å². The number of hydrogen-bond donors (Lipinski definition) is 2. The summed E-state index contributed by atoms with van der Waals surface area (Å²) in [6, 6.07) is 2.57. The van der Waals surface area contributed by atoms with E-state index in [0.717, 1.165) is 10.7 Å². The zero-order chi connectivity index (χ0) is 14.0. The van der Waals surface area contributed by atoms with Gasteiger partial charge in [-0.05, 0) is 0 Å². The summed E-state index contributed by atoms with van der Waals surface area (Å²) < 4.78 is 30.0. The third-order valence-corrected chi connectivity index (χ3v) is 2.14. The summed E-state index contributed by atoms with van der Waals surface area (Å²) in [4.78, 5) is 11.8. The molecule has 0 atom stereocenters. The van der Waals surface area contributed by atoms with Gasteiger partial charge in [0.15, 0.2) is 0 Å². The zero-order valence-corrected chi connectivity index (χ0v) is 10.3.